The van der Waals surface area contributed by atoms with Crippen LogP contribution in [0.25, 0.3) is 0 Å². The number of aliphatic hydroxyl groups is 2. The van der Waals surface area contributed by atoms with Crippen LogP contribution in [0.3, 0.4) is 0 Å². The van der Waals surface area contributed by atoms with Crippen LogP contribution in [0.1, 0.15) is 6.23 Å². The van der Waals surface area contributed by atoms with E-state index in [1.807, 2.05) is 4.98 Å². The fourth-order valence-electron chi connectivity index (χ4n) is 2.09. The molecule has 0 radical (unpaired) electrons. The summed E-state index contributed by atoms with van der Waals surface area (Å²) >= 11 is 0. The third-order valence-corrected chi connectivity index (χ3v) is 3.33. The van der Waals surface area contributed by atoms with Crippen LogP contribution >= 0.6 is 0 Å². The summed E-state index contributed by atoms with van der Waals surface area (Å²) in [7, 11) is 1.13. The molecular formula is C11H15N5O7. The molecule has 1 aliphatic heterocycles. The van der Waals surface area contributed by atoms with E-state index in [-0.39, 0.29) is 6.54 Å². The highest BCUT2D eigenvalue weighted by Crippen LogP contribution is 2.27. The van der Waals surface area contributed by atoms with Crippen LogP contribution in [-0.2, 0) is 4.74 Å². The molecule has 12 heteroatoms. The number of nitrogens with one attached hydrogen (secondary N) is 2. The molecule has 0 aromatic carbocycles. The van der Waals surface area contributed by atoms with Crippen LogP contribution in [0.5, 0.6) is 0 Å². The van der Waals surface area contributed by atoms with E-state index < -0.39 is 41.8 Å². The number of aliphatic hydroxyl groups excluding tert-OH is 2. The Hall–Kier alpha value is -2.57. The molecule has 126 valence electrons. The molecule has 4 N–H and O–H groups in total. The van der Waals surface area contributed by atoms with Crippen molar-refractivity contribution in [2.24, 2.45) is 5.29 Å². The predicted molar refractivity (Wildman–Crippen MR) is 74.2 cm³/mol. The van der Waals surface area contributed by atoms with Gasteiger partial charge in [-0.2, -0.15) is 5.01 Å². The van der Waals surface area contributed by atoms with Crippen LogP contribution in [0.4, 0.5) is 4.79 Å². The second kappa shape index (κ2) is 6.68. The Morgan fingerprint density at radius 2 is 2.17 bits per heavy atom. The van der Waals surface area contributed by atoms with E-state index in [1.54, 1.807) is 0 Å². The van der Waals surface area contributed by atoms with E-state index >= 15 is 0 Å². The predicted octanol–water partition coefficient (Wildman–Crippen LogP) is -2.52. The van der Waals surface area contributed by atoms with E-state index in [2.05, 4.69) is 10.6 Å². The average molecular weight is 329 g/mol. The van der Waals surface area contributed by atoms with E-state index in [0.29, 0.717) is 5.01 Å². The molecular weight excluding hydrogens is 314 g/mol. The van der Waals surface area contributed by atoms with E-state index in [9.17, 15) is 29.5 Å². The Kier molecular flexibility index (Phi) is 4.88. The third-order valence-electron chi connectivity index (χ3n) is 3.33. The largest absolute Gasteiger partial charge is 0.387 e. The Morgan fingerprint density at radius 1 is 1.48 bits per heavy atom. The van der Waals surface area contributed by atoms with Gasteiger partial charge in [0.2, 0.25) is 0 Å². The molecule has 12 nitrogen and oxygen atoms in total. The first-order valence-corrected chi connectivity index (χ1v) is 6.53. The number of carbonyl (C=O) groups excluding carboxylic acids is 1. The minimum Gasteiger partial charge on any atom is -0.387 e. The molecule has 23 heavy (non-hydrogen) atoms. The van der Waals surface area contributed by atoms with Crippen molar-refractivity contribution in [3.8, 4) is 0 Å². The second-order valence-corrected chi connectivity index (χ2v) is 4.86. The number of urea groups is 1. The Balaban J connectivity index is 2.09. The Labute approximate surface area is 128 Å². The van der Waals surface area contributed by atoms with E-state index in [0.717, 1.165) is 23.9 Å². The molecule has 0 aliphatic carbocycles. The molecule has 4 atom stereocenters. The van der Waals surface area contributed by atoms with Gasteiger partial charge in [0.25, 0.3) is 5.56 Å². The summed E-state index contributed by atoms with van der Waals surface area (Å²) in [5, 5.41) is 25.1. The van der Waals surface area contributed by atoms with Crippen molar-refractivity contribution in [1.82, 2.24) is 19.9 Å². The van der Waals surface area contributed by atoms with Gasteiger partial charge in [-0.05, 0) is 0 Å². The highest BCUT2D eigenvalue weighted by Gasteiger charge is 2.44. The summed E-state index contributed by atoms with van der Waals surface area (Å²) < 4.78 is 6.27. The number of H-pyrrole nitrogens is 1. The number of rotatable bonds is 4. The van der Waals surface area contributed by atoms with Gasteiger partial charge < -0.3 is 20.3 Å². The number of hydrogen-bond donors (Lipinski definition) is 4. The molecule has 1 aliphatic rings. The minimum atomic E-state index is -1.46. The zero-order chi connectivity index (χ0) is 17.1. The molecule has 0 bridgehead atoms. The fourth-order valence-corrected chi connectivity index (χ4v) is 2.09. The van der Waals surface area contributed by atoms with E-state index in [4.69, 9.17) is 4.74 Å². The fraction of sp³-hybridized carbons (Fsp3) is 0.545. The molecule has 4 unspecified atom stereocenters. The first kappa shape index (κ1) is 16.8. The maximum atomic E-state index is 11.7. The lowest BCUT2D eigenvalue weighted by Crippen LogP contribution is -2.42. The Morgan fingerprint density at radius 3 is 2.78 bits per heavy atom. The number of amides is 2. The van der Waals surface area contributed by atoms with Crippen molar-refractivity contribution in [2.75, 3.05) is 13.6 Å². The molecule has 1 aromatic heterocycles. The molecule has 0 saturated carbocycles. The normalized spacial score (nSPS) is 26.7. The summed E-state index contributed by atoms with van der Waals surface area (Å²) in [6.07, 6.45) is -4.00. The van der Waals surface area contributed by atoms with Crippen molar-refractivity contribution in [3.63, 3.8) is 0 Å². The second-order valence-electron chi connectivity index (χ2n) is 4.86. The van der Waals surface area contributed by atoms with E-state index in [1.165, 1.54) is 0 Å². The maximum absolute atomic E-state index is 11.7. The monoisotopic (exact) mass is 329 g/mol. The third kappa shape index (κ3) is 3.44. The van der Waals surface area contributed by atoms with Gasteiger partial charge in [0.05, 0.1) is 5.29 Å². The van der Waals surface area contributed by atoms with Crippen molar-refractivity contribution in [1.29, 1.82) is 0 Å². The van der Waals surface area contributed by atoms with Crippen LogP contribution in [0.15, 0.2) is 27.1 Å². The van der Waals surface area contributed by atoms with Crippen LogP contribution in [-0.4, -0.2) is 62.7 Å². The lowest BCUT2D eigenvalue weighted by Gasteiger charge is -2.17. The lowest BCUT2D eigenvalue weighted by atomic mass is 10.1. The Bertz CT molecular complexity index is 700. The smallest absolute Gasteiger partial charge is 0.340 e. The molecule has 1 aromatic rings. The van der Waals surface area contributed by atoms with Gasteiger partial charge in [-0.15, -0.1) is 4.91 Å². The minimum absolute atomic E-state index is 0.231. The topological polar surface area (TPSA) is 166 Å². The maximum Gasteiger partial charge on any atom is 0.340 e. The van der Waals surface area contributed by atoms with Crippen molar-refractivity contribution < 1.29 is 19.7 Å². The van der Waals surface area contributed by atoms with Crippen molar-refractivity contribution >= 4 is 6.03 Å². The van der Waals surface area contributed by atoms with Gasteiger partial charge in [0, 0.05) is 25.9 Å². The summed E-state index contributed by atoms with van der Waals surface area (Å²) in [5.74, 6) is 0. The quantitative estimate of drug-likeness (QED) is 0.349. The summed E-state index contributed by atoms with van der Waals surface area (Å²) in [6, 6.07) is 0.235. The van der Waals surface area contributed by atoms with Gasteiger partial charge in [-0.1, -0.05) is 0 Å². The van der Waals surface area contributed by atoms with Crippen molar-refractivity contribution in [2.45, 2.75) is 24.5 Å². The van der Waals surface area contributed by atoms with Gasteiger partial charge in [-0.3, -0.25) is 14.3 Å². The van der Waals surface area contributed by atoms with Crippen LogP contribution < -0.4 is 16.6 Å². The number of carbonyl (C=O) groups is 1. The highest BCUT2D eigenvalue weighted by atomic mass is 16.6. The zero-order valence-corrected chi connectivity index (χ0v) is 11.9. The SMILES string of the molecule is CN(N=O)C(=O)NCC1OC(n2ccc(=O)[nH]c2=O)C(O)C1O. The first-order valence-electron chi connectivity index (χ1n) is 6.53. The number of nitrogens with zero attached hydrogens (tertiary/aromatic N) is 3. The average Bonchev–Trinajstić information content (AvgIpc) is 2.80. The highest BCUT2D eigenvalue weighted by molar-refractivity contribution is 5.73. The summed E-state index contributed by atoms with van der Waals surface area (Å²) in [6.45, 7) is -0.231. The van der Waals surface area contributed by atoms with Crippen LogP contribution in [0, 0.1) is 4.91 Å². The zero-order valence-electron chi connectivity index (χ0n) is 11.9. The van der Waals surface area contributed by atoms with Crippen molar-refractivity contribution in [3.05, 3.63) is 38.0 Å². The van der Waals surface area contributed by atoms with Crippen LogP contribution in [0.2, 0.25) is 0 Å². The lowest BCUT2D eigenvalue weighted by molar-refractivity contribution is -0.0386. The molecule has 2 heterocycles. The number of aromatic amines is 1. The summed E-state index contributed by atoms with van der Waals surface area (Å²) in [4.78, 5) is 46.3. The standard InChI is InChI=1S/C11H15N5O7/c1-15(14-22)10(20)12-4-5-7(18)8(19)9(23-5)16-3-2-6(17)13-11(16)21/h2-3,5,7-9,18-19H,4H2,1H3,(H,12,20)(H,13,17,21). The number of aromatic nitrogens is 2. The van der Waals surface area contributed by atoms with Gasteiger partial charge in [-0.25, -0.2) is 9.59 Å². The molecule has 1 saturated heterocycles. The van der Waals surface area contributed by atoms with Gasteiger partial charge in [0.1, 0.15) is 18.3 Å². The number of ether oxygens (including phenoxy) is 1. The molecule has 1 fully saturated rings. The summed E-state index contributed by atoms with van der Waals surface area (Å²) in [5.41, 5.74) is -1.43. The molecule has 2 rings (SSSR count). The number of nitroso groups, excluding NO2 is 1. The first-order chi connectivity index (χ1) is 10.8. The molecule has 2 amide bonds. The van der Waals surface area contributed by atoms with Gasteiger partial charge >= 0.3 is 11.7 Å². The van der Waals surface area contributed by atoms with Gasteiger partial charge in [0.15, 0.2) is 6.23 Å². The molecule has 0 spiro atoms. The number of hydrogen-bond acceptors (Lipinski definition) is 8.